The molecular formula is C14H16O4. The zero-order chi connectivity index (χ0) is 13.9. The van der Waals surface area contributed by atoms with Gasteiger partial charge in [-0.05, 0) is 11.0 Å². The highest BCUT2D eigenvalue weighted by Gasteiger charge is 2.18. The largest absolute Gasteiger partial charge is 0.475 e. The van der Waals surface area contributed by atoms with E-state index < -0.39 is 24.0 Å². The lowest BCUT2D eigenvalue weighted by molar-refractivity contribution is -0.148. The Kier molecular flexibility index (Phi) is 4.01. The summed E-state index contributed by atoms with van der Waals surface area (Å²) in [7, 11) is 0. The molecule has 1 aromatic carbocycles. The van der Waals surface area contributed by atoms with Gasteiger partial charge in [-0.3, -0.25) is 9.59 Å². The van der Waals surface area contributed by atoms with Gasteiger partial charge in [0.05, 0.1) is 6.42 Å². The van der Waals surface area contributed by atoms with Crippen LogP contribution in [0.5, 0.6) is 0 Å². The zero-order valence-electron chi connectivity index (χ0n) is 10.7. The van der Waals surface area contributed by atoms with Crippen LogP contribution < -0.4 is 0 Å². The summed E-state index contributed by atoms with van der Waals surface area (Å²) < 4.78 is 0. The second-order valence-corrected chi connectivity index (χ2v) is 5.16. The molecule has 0 heterocycles. The number of Topliss-reactive ketones (excluding diaryl/α,β-unsaturated/α-hetero) is 2. The fourth-order valence-electron chi connectivity index (χ4n) is 1.48. The number of ketones is 2. The van der Waals surface area contributed by atoms with Gasteiger partial charge in [0.25, 0.3) is 0 Å². The summed E-state index contributed by atoms with van der Waals surface area (Å²) in [4.78, 5) is 32.9. The minimum atomic E-state index is -1.57. The minimum absolute atomic E-state index is 0.0154. The molecule has 0 aliphatic carbocycles. The van der Waals surface area contributed by atoms with Crippen LogP contribution in [0.3, 0.4) is 0 Å². The summed E-state index contributed by atoms with van der Waals surface area (Å²) in [5.74, 6) is -3.13. The first-order valence-corrected chi connectivity index (χ1v) is 5.61. The normalized spacial score (nSPS) is 11.1. The highest BCUT2D eigenvalue weighted by Crippen LogP contribution is 2.22. The van der Waals surface area contributed by atoms with E-state index >= 15 is 0 Å². The third-order valence-corrected chi connectivity index (χ3v) is 2.63. The highest BCUT2D eigenvalue weighted by atomic mass is 16.4. The lowest BCUT2D eigenvalue weighted by Crippen LogP contribution is -2.17. The van der Waals surface area contributed by atoms with Crippen LogP contribution in [0.15, 0.2) is 24.3 Å². The van der Waals surface area contributed by atoms with E-state index in [2.05, 4.69) is 20.8 Å². The molecule has 4 heteroatoms. The van der Waals surface area contributed by atoms with Crippen molar-refractivity contribution in [3.05, 3.63) is 35.4 Å². The van der Waals surface area contributed by atoms with Gasteiger partial charge in [0.1, 0.15) is 0 Å². The maximum Gasteiger partial charge on any atom is 0.372 e. The monoisotopic (exact) mass is 248 g/mol. The first kappa shape index (κ1) is 14.1. The average Bonchev–Trinajstić information content (AvgIpc) is 2.27. The van der Waals surface area contributed by atoms with Crippen molar-refractivity contribution in [2.45, 2.75) is 32.6 Å². The molecule has 18 heavy (non-hydrogen) atoms. The van der Waals surface area contributed by atoms with Crippen molar-refractivity contribution in [3.63, 3.8) is 0 Å². The number of carboxylic acids is 1. The van der Waals surface area contributed by atoms with Crippen LogP contribution in [0, 0.1) is 0 Å². The molecule has 0 amide bonds. The van der Waals surface area contributed by atoms with E-state index in [0.717, 1.165) is 5.56 Å². The zero-order valence-corrected chi connectivity index (χ0v) is 10.7. The highest BCUT2D eigenvalue weighted by molar-refractivity contribution is 6.37. The second kappa shape index (κ2) is 5.12. The van der Waals surface area contributed by atoms with Crippen molar-refractivity contribution in [1.29, 1.82) is 0 Å². The van der Waals surface area contributed by atoms with Gasteiger partial charge in [0.2, 0.25) is 5.78 Å². The van der Waals surface area contributed by atoms with Gasteiger partial charge in [0.15, 0.2) is 5.78 Å². The second-order valence-electron chi connectivity index (χ2n) is 5.16. The molecule has 0 spiro atoms. The summed E-state index contributed by atoms with van der Waals surface area (Å²) in [6, 6.07) is 6.88. The molecule has 1 N–H and O–H groups in total. The molecule has 0 bridgehead atoms. The molecule has 0 aliphatic heterocycles. The van der Waals surface area contributed by atoms with Gasteiger partial charge in [-0.15, -0.1) is 0 Å². The number of hydrogen-bond acceptors (Lipinski definition) is 3. The quantitative estimate of drug-likeness (QED) is 0.503. The van der Waals surface area contributed by atoms with Gasteiger partial charge in [0, 0.05) is 5.56 Å². The number of carbonyl (C=O) groups is 3. The standard InChI is InChI=1S/C14H16O4/c1-14(2,3)10-6-4-9(5-7-10)11(15)8-12(16)13(17)18/h4-7H,8H2,1-3H3,(H,17,18). The Morgan fingerprint density at radius 1 is 1.06 bits per heavy atom. The van der Waals surface area contributed by atoms with Crippen LogP contribution >= 0.6 is 0 Å². The van der Waals surface area contributed by atoms with E-state index in [0.29, 0.717) is 5.56 Å². The third kappa shape index (κ3) is 3.52. The minimum Gasteiger partial charge on any atom is -0.475 e. The molecule has 0 aromatic heterocycles. The van der Waals surface area contributed by atoms with Crippen LogP contribution in [0.25, 0.3) is 0 Å². The molecule has 0 saturated heterocycles. The predicted molar refractivity (Wildman–Crippen MR) is 66.7 cm³/mol. The van der Waals surface area contributed by atoms with E-state index in [-0.39, 0.29) is 5.41 Å². The summed E-state index contributed by atoms with van der Waals surface area (Å²) in [6.07, 6.45) is -0.593. The Morgan fingerprint density at radius 3 is 1.94 bits per heavy atom. The van der Waals surface area contributed by atoms with E-state index in [1.54, 1.807) is 12.1 Å². The Hall–Kier alpha value is -1.97. The number of carbonyl (C=O) groups excluding carboxylic acids is 2. The van der Waals surface area contributed by atoms with Crippen LogP contribution in [-0.4, -0.2) is 22.6 Å². The molecule has 0 unspecified atom stereocenters. The van der Waals surface area contributed by atoms with E-state index in [1.807, 2.05) is 12.1 Å². The van der Waals surface area contributed by atoms with Crippen LogP contribution in [0.4, 0.5) is 0 Å². The SMILES string of the molecule is CC(C)(C)c1ccc(C(=O)CC(=O)C(=O)O)cc1. The molecule has 0 radical (unpaired) electrons. The number of carboxylic acid groups (broad SMARTS) is 1. The molecule has 0 atom stereocenters. The predicted octanol–water partition coefficient (Wildman–Crippen LogP) is 2.21. The molecule has 4 nitrogen and oxygen atoms in total. The molecule has 96 valence electrons. The van der Waals surface area contributed by atoms with E-state index in [9.17, 15) is 14.4 Å². The van der Waals surface area contributed by atoms with Crippen molar-refractivity contribution < 1.29 is 19.5 Å². The molecule has 1 aromatic rings. The molecular weight excluding hydrogens is 232 g/mol. The lowest BCUT2D eigenvalue weighted by atomic mass is 9.86. The topological polar surface area (TPSA) is 71.4 Å². The Bertz CT molecular complexity index is 478. The number of rotatable bonds is 4. The lowest BCUT2D eigenvalue weighted by Gasteiger charge is -2.18. The Labute approximate surface area is 106 Å². The van der Waals surface area contributed by atoms with Crippen LogP contribution in [-0.2, 0) is 15.0 Å². The van der Waals surface area contributed by atoms with Crippen molar-refractivity contribution in [2.24, 2.45) is 0 Å². The molecule has 1 rings (SSSR count). The number of benzene rings is 1. The summed E-state index contributed by atoms with van der Waals surface area (Å²) in [5, 5.41) is 8.43. The maximum atomic E-state index is 11.6. The van der Waals surface area contributed by atoms with Gasteiger partial charge < -0.3 is 5.11 Å². The molecule has 0 aliphatic rings. The fraction of sp³-hybridized carbons (Fsp3) is 0.357. The van der Waals surface area contributed by atoms with Crippen LogP contribution in [0.2, 0.25) is 0 Å². The molecule has 0 fully saturated rings. The summed E-state index contributed by atoms with van der Waals surface area (Å²) in [5.41, 5.74) is 1.42. The number of aliphatic carboxylic acids is 1. The first-order chi connectivity index (χ1) is 8.21. The molecule has 0 saturated carbocycles. The van der Waals surface area contributed by atoms with E-state index in [4.69, 9.17) is 5.11 Å². The fourth-order valence-corrected chi connectivity index (χ4v) is 1.48. The van der Waals surface area contributed by atoms with Gasteiger partial charge in [-0.1, -0.05) is 45.0 Å². The van der Waals surface area contributed by atoms with Gasteiger partial charge in [-0.25, -0.2) is 4.79 Å². The van der Waals surface area contributed by atoms with Crippen molar-refractivity contribution in [2.75, 3.05) is 0 Å². The van der Waals surface area contributed by atoms with Crippen molar-refractivity contribution in [3.8, 4) is 0 Å². The third-order valence-electron chi connectivity index (χ3n) is 2.63. The first-order valence-electron chi connectivity index (χ1n) is 5.61. The summed E-state index contributed by atoms with van der Waals surface area (Å²) >= 11 is 0. The van der Waals surface area contributed by atoms with Crippen molar-refractivity contribution in [1.82, 2.24) is 0 Å². The smallest absolute Gasteiger partial charge is 0.372 e. The van der Waals surface area contributed by atoms with Crippen LogP contribution in [0.1, 0.15) is 43.1 Å². The average molecular weight is 248 g/mol. The summed E-state index contributed by atoms with van der Waals surface area (Å²) in [6.45, 7) is 6.16. The van der Waals surface area contributed by atoms with E-state index in [1.165, 1.54) is 0 Å². The van der Waals surface area contributed by atoms with Crippen molar-refractivity contribution >= 4 is 17.5 Å². The van der Waals surface area contributed by atoms with Gasteiger partial charge in [-0.2, -0.15) is 0 Å². The number of hydrogen-bond donors (Lipinski definition) is 1. The Balaban J connectivity index is 2.83. The van der Waals surface area contributed by atoms with Gasteiger partial charge >= 0.3 is 5.97 Å². The maximum absolute atomic E-state index is 11.6. The Morgan fingerprint density at radius 2 is 1.56 bits per heavy atom.